The molecule has 0 saturated heterocycles. The van der Waals surface area contributed by atoms with Gasteiger partial charge in [0.25, 0.3) is 0 Å². The number of fused-ring (bicyclic) bond motifs is 7. The van der Waals surface area contributed by atoms with E-state index >= 15 is 0 Å². The van der Waals surface area contributed by atoms with Gasteiger partial charge in [0.2, 0.25) is 0 Å². The highest BCUT2D eigenvalue weighted by molar-refractivity contribution is 6.12. The first-order chi connectivity index (χ1) is 28.5. The summed E-state index contributed by atoms with van der Waals surface area (Å²) in [6.07, 6.45) is 11.0. The van der Waals surface area contributed by atoms with Crippen molar-refractivity contribution in [2.24, 2.45) is 5.92 Å². The van der Waals surface area contributed by atoms with E-state index in [1.165, 1.54) is 82.9 Å². The lowest BCUT2D eigenvalue weighted by molar-refractivity contribution is 0.626. The Morgan fingerprint density at radius 2 is 1.31 bits per heavy atom. The zero-order chi connectivity index (χ0) is 39.0. The first-order valence-corrected chi connectivity index (χ1v) is 20.4. The van der Waals surface area contributed by atoms with E-state index in [2.05, 4.69) is 211 Å². The third-order valence-electron chi connectivity index (χ3n) is 12.8. The van der Waals surface area contributed by atoms with Crippen molar-refractivity contribution in [1.29, 1.82) is 0 Å². The van der Waals surface area contributed by atoms with Gasteiger partial charge in [0, 0.05) is 57.0 Å². The third kappa shape index (κ3) is 5.30. The first-order valence-electron chi connectivity index (χ1n) is 20.4. The number of para-hydroxylation sites is 2. The largest absolute Gasteiger partial charge is 0.310 e. The molecule has 2 aliphatic carbocycles. The van der Waals surface area contributed by atoms with Crippen molar-refractivity contribution in [2.45, 2.75) is 32.1 Å². The molecular formula is C55H43N3. The Morgan fingerprint density at radius 1 is 0.586 bits per heavy atom. The molecule has 0 saturated carbocycles. The third-order valence-corrected chi connectivity index (χ3v) is 12.8. The smallest absolute Gasteiger partial charge is 0.0541 e. The van der Waals surface area contributed by atoms with Gasteiger partial charge in [-0.15, -0.1) is 0 Å². The van der Waals surface area contributed by atoms with Gasteiger partial charge in [0.1, 0.15) is 0 Å². The molecule has 11 rings (SSSR count). The summed E-state index contributed by atoms with van der Waals surface area (Å²) in [6, 6.07) is 60.3. The lowest BCUT2D eigenvalue weighted by Gasteiger charge is -2.33. The molecular weight excluding hydrogens is 703 g/mol. The molecule has 3 heteroatoms. The molecule has 0 radical (unpaired) electrons. The van der Waals surface area contributed by atoms with Gasteiger partial charge in [-0.25, -0.2) is 0 Å². The Balaban J connectivity index is 1.08. The van der Waals surface area contributed by atoms with Crippen LogP contribution in [-0.4, -0.2) is 9.55 Å². The fraction of sp³-hybridized carbons (Fsp3) is 0.109. The standard InChI is InChI=1S/C55H43N3/c1-36-32-40(24-26-42(36)38-14-13-31-56-35-38)57(41-25-27-46-45-18-9-11-21-50(45)55(2,3)51(46)34-41)53-30-28-43(44-17-7-8-19-47(44)53)37-23-29-54-49(33-37)48-20-10-12-22-52(48)58(54)39-15-5-4-6-16-39/h4-36,42H,1-3H3. The first kappa shape index (κ1) is 34.3. The topological polar surface area (TPSA) is 21.1 Å². The molecule has 7 aromatic carbocycles. The molecule has 2 aromatic heterocycles. The number of allylic oxidation sites excluding steroid dienone is 3. The van der Waals surface area contributed by atoms with E-state index < -0.39 is 0 Å². The molecule has 0 amide bonds. The Hall–Kier alpha value is -6.97. The SMILES string of the molecule is CC1C=C(N(c2ccc3c(c2)C(C)(C)c2ccccc2-3)c2ccc(-c3ccc4c(c3)c3ccccc3n4-c3ccccc3)c3ccccc23)C=CC1c1cccnc1. The van der Waals surface area contributed by atoms with Crippen molar-refractivity contribution < 1.29 is 0 Å². The van der Waals surface area contributed by atoms with Gasteiger partial charge >= 0.3 is 0 Å². The van der Waals surface area contributed by atoms with Gasteiger partial charge in [-0.1, -0.05) is 142 Å². The number of pyridine rings is 1. The lowest BCUT2D eigenvalue weighted by atomic mass is 9.82. The van der Waals surface area contributed by atoms with E-state index in [0.717, 1.165) is 11.4 Å². The van der Waals surface area contributed by atoms with Crippen LogP contribution < -0.4 is 4.90 Å². The van der Waals surface area contributed by atoms with E-state index in [1.807, 2.05) is 18.5 Å². The van der Waals surface area contributed by atoms with Crippen molar-refractivity contribution in [3.63, 3.8) is 0 Å². The van der Waals surface area contributed by atoms with Crippen molar-refractivity contribution in [1.82, 2.24) is 9.55 Å². The van der Waals surface area contributed by atoms with Gasteiger partial charge in [-0.05, 0) is 111 Å². The molecule has 58 heavy (non-hydrogen) atoms. The van der Waals surface area contributed by atoms with Crippen LogP contribution in [0.2, 0.25) is 0 Å². The van der Waals surface area contributed by atoms with Crippen molar-refractivity contribution in [3.8, 4) is 27.9 Å². The van der Waals surface area contributed by atoms with Crippen LogP contribution in [0.5, 0.6) is 0 Å². The fourth-order valence-corrected chi connectivity index (χ4v) is 9.93. The number of aromatic nitrogens is 2. The van der Waals surface area contributed by atoms with Crippen molar-refractivity contribution >= 4 is 44.0 Å². The zero-order valence-electron chi connectivity index (χ0n) is 33.0. The van der Waals surface area contributed by atoms with Gasteiger partial charge < -0.3 is 9.47 Å². The van der Waals surface area contributed by atoms with Gasteiger partial charge in [0.15, 0.2) is 0 Å². The van der Waals surface area contributed by atoms with Gasteiger partial charge in [0.05, 0.1) is 16.7 Å². The van der Waals surface area contributed by atoms with E-state index in [0.29, 0.717) is 0 Å². The monoisotopic (exact) mass is 745 g/mol. The predicted molar refractivity (Wildman–Crippen MR) is 243 cm³/mol. The average Bonchev–Trinajstić information content (AvgIpc) is 3.72. The van der Waals surface area contributed by atoms with E-state index in [1.54, 1.807) is 0 Å². The molecule has 9 aromatic rings. The molecule has 0 N–H and O–H groups in total. The fourth-order valence-electron chi connectivity index (χ4n) is 9.93. The number of rotatable bonds is 6. The molecule has 2 aliphatic rings. The highest BCUT2D eigenvalue weighted by Crippen LogP contribution is 2.51. The summed E-state index contributed by atoms with van der Waals surface area (Å²) in [7, 11) is 0. The lowest BCUT2D eigenvalue weighted by Crippen LogP contribution is -2.21. The zero-order valence-corrected chi connectivity index (χ0v) is 33.0. The van der Waals surface area contributed by atoms with Crippen LogP contribution in [0.15, 0.2) is 200 Å². The minimum Gasteiger partial charge on any atom is -0.310 e. The molecule has 0 spiro atoms. The Labute approximate surface area is 339 Å². The van der Waals surface area contributed by atoms with Crippen LogP contribution in [0.25, 0.3) is 60.5 Å². The van der Waals surface area contributed by atoms with E-state index in [9.17, 15) is 0 Å². The summed E-state index contributed by atoms with van der Waals surface area (Å²) in [5.41, 5.74) is 16.1. The summed E-state index contributed by atoms with van der Waals surface area (Å²) < 4.78 is 2.38. The van der Waals surface area contributed by atoms with Crippen molar-refractivity contribution in [3.05, 3.63) is 217 Å². The second-order valence-corrected chi connectivity index (χ2v) is 16.5. The molecule has 2 atom stereocenters. The summed E-state index contributed by atoms with van der Waals surface area (Å²) in [5, 5.41) is 4.95. The second kappa shape index (κ2) is 13.3. The van der Waals surface area contributed by atoms with Crippen LogP contribution in [0, 0.1) is 5.92 Å². The normalized spacial score (nSPS) is 16.7. The van der Waals surface area contributed by atoms with Crippen LogP contribution in [0.3, 0.4) is 0 Å². The quantitative estimate of drug-likeness (QED) is 0.169. The summed E-state index contributed by atoms with van der Waals surface area (Å²) in [5.74, 6) is 0.534. The average molecular weight is 746 g/mol. The molecule has 0 bridgehead atoms. The van der Waals surface area contributed by atoms with Gasteiger partial charge in [-0.3, -0.25) is 4.98 Å². The highest BCUT2D eigenvalue weighted by Gasteiger charge is 2.36. The van der Waals surface area contributed by atoms with Crippen molar-refractivity contribution in [2.75, 3.05) is 4.90 Å². The van der Waals surface area contributed by atoms with E-state index in [4.69, 9.17) is 0 Å². The summed E-state index contributed by atoms with van der Waals surface area (Å²) in [4.78, 5) is 6.95. The number of hydrogen-bond donors (Lipinski definition) is 0. The highest BCUT2D eigenvalue weighted by atomic mass is 15.1. The number of hydrogen-bond acceptors (Lipinski definition) is 2. The Morgan fingerprint density at radius 3 is 2.14 bits per heavy atom. The minimum absolute atomic E-state index is 0.114. The predicted octanol–water partition coefficient (Wildman–Crippen LogP) is 14.3. The van der Waals surface area contributed by atoms with Crippen LogP contribution >= 0.6 is 0 Å². The summed E-state index contributed by atoms with van der Waals surface area (Å²) >= 11 is 0. The van der Waals surface area contributed by atoms with Crippen LogP contribution in [0.4, 0.5) is 11.4 Å². The summed E-state index contributed by atoms with van der Waals surface area (Å²) in [6.45, 7) is 7.06. The molecule has 3 nitrogen and oxygen atoms in total. The van der Waals surface area contributed by atoms with Gasteiger partial charge in [-0.2, -0.15) is 0 Å². The minimum atomic E-state index is -0.114. The second-order valence-electron chi connectivity index (χ2n) is 16.5. The maximum absolute atomic E-state index is 4.46. The number of benzene rings is 7. The van der Waals surface area contributed by atoms with Crippen LogP contribution in [-0.2, 0) is 5.41 Å². The molecule has 2 unspecified atom stereocenters. The Bertz CT molecular complexity index is 3110. The molecule has 0 aliphatic heterocycles. The Kier molecular flexibility index (Phi) is 7.87. The maximum Gasteiger partial charge on any atom is 0.0541 e. The molecule has 2 heterocycles. The maximum atomic E-state index is 4.46. The molecule has 278 valence electrons. The molecule has 0 fully saturated rings. The number of anilines is 2. The number of nitrogens with zero attached hydrogens (tertiary/aromatic N) is 3. The van der Waals surface area contributed by atoms with E-state index in [-0.39, 0.29) is 17.3 Å². The van der Waals surface area contributed by atoms with Crippen LogP contribution in [0.1, 0.15) is 43.4 Å².